The van der Waals surface area contributed by atoms with Crippen LogP contribution in [0.5, 0.6) is 11.5 Å². The van der Waals surface area contributed by atoms with Crippen LogP contribution in [-0.4, -0.2) is 18.4 Å². The van der Waals surface area contributed by atoms with Crippen molar-refractivity contribution in [3.05, 3.63) is 59.2 Å². The number of phenols is 1. The third-order valence-electron chi connectivity index (χ3n) is 2.94. The van der Waals surface area contributed by atoms with Crippen LogP contribution in [0.2, 0.25) is 0 Å². The van der Waals surface area contributed by atoms with Crippen molar-refractivity contribution < 1.29 is 9.84 Å². The zero-order valence-corrected chi connectivity index (χ0v) is 11.6. The first-order valence-corrected chi connectivity index (χ1v) is 6.37. The molecule has 0 aliphatic rings. The monoisotopic (exact) mass is 270 g/mol. The van der Waals surface area contributed by atoms with Gasteiger partial charge in [-0.15, -0.1) is 0 Å². The number of hydrazone groups is 1. The summed E-state index contributed by atoms with van der Waals surface area (Å²) in [4.78, 5) is 0. The summed E-state index contributed by atoms with van der Waals surface area (Å²) in [5.41, 5.74) is 5.99. The maximum absolute atomic E-state index is 9.77. The molecule has 2 aromatic rings. The van der Waals surface area contributed by atoms with Crippen LogP contribution in [0.15, 0.2) is 47.6 Å². The molecule has 2 rings (SSSR count). The summed E-state index contributed by atoms with van der Waals surface area (Å²) in [7, 11) is 1.56. The maximum atomic E-state index is 9.77. The van der Waals surface area contributed by atoms with Gasteiger partial charge in [0.15, 0.2) is 0 Å². The number of phenolic OH excluding ortho intramolecular Hbond substituents is 1. The third-order valence-corrected chi connectivity index (χ3v) is 2.94. The van der Waals surface area contributed by atoms with Crippen LogP contribution >= 0.6 is 0 Å². The van der Waals surface area contributed by atoms with Gasteiger partial charge in [-0.25, -0.2) is 0 Å². The molecule has 0 atom stereocenters. The molecule has 0 radical (unpaired) electrons. The van der Waals surface area contributed by atoms with Crippen molar-refractivity contribution in [1.82, 2.24) is 5.43 Å². The second kappa shape index (κ2) is 6.61. The number of aromatic hydroxyl groups is 1. The second-order valence-corrected chi connectivity index (χ2v) is 4.50. The molecule has 104 valence electrons. The minimum absolute atomic E-state index is 0.144. The number of hydrogen-bond acceptors (Lipinski definition) is 4. The lowest BCUT2D eigenvalue weighted by atomic mass is 10.1. The highest BCUT2D eigenvalue weighted by Gasteiger charge is 2.00. The Labute approximate surface area is 118 Å². The fraction of sp³-hybridized carbons (Fsp3) is 0.188. The third kappa shape index (κ3) is 3.75. The van der Waals surface area contributed by atoms with E-state index in [2.05, 4.69) is 41.7 Å². The highest BCUT2D eigenvalue weighted by Crippen LogP contribution is 2.21. The first kappa shape index (κ1) is 13.9. The molecule has 0 aliphatic heterocycles. The Hall–Kier alpha value is -2.49. The van der Waals surface area contributed by atoms with Gasteiger partial charge in [0, 0.05) is 11.6 Å². The SMILES string of the molecule is COc1ccc(/C=N/NCc2ccc(C)cc2)c(O)c1. The van der Waals surface area contributed by atoms with E-state index in [0.29, 0.717) is 17.9 Å². The van der Waals surface area contributed by atoms with E-state index in [1.165, 1.54) is 5.56 Å². The van der Waals surface area contributed by atoms with Gasteiger partial charge in [0.05, 0.1) is 19.9 Å². The first-order valence-electron chi connectivity index (χ1n) is 6.37. The summed E-state index contributed by atoms with van der Waals surface area (Å²) in [5.74, 6) is 0.762. The molecule has 2 N–H and O–H groups in total. The molecule has 0 aromatic heterocycles. The lowest BCUT2D eigenvalue weighted by Crippen LogP contribution is -2.05. The Kier molecular flexibility index (Phi) is 4.60. The molecule has 20 heavy (non-hydrogen) atoms. The van der Waals surface area contributed by atoms with Crippen LogP contribution in [0, 0.1) is 6.92 Å². The standard InChI is InChI=1S/C16H18N2O2/c1-12-3-5-13(6-4-12)10-17-18-11-14-7-8-15(20-2)9-16(14)19/h3-9,11,17,19H,10H2,1-2H3/b18-11+. The summed E-state index contributed by atoms with van der Waals surface area (Å²) in [5, 5.41) is 13.9. The van der Waals surface area contributed by atoms with E-state index in [4.69, 9.17) is 4.74 Å². The predicted molar refractivity (Wildman–Crippen MR) is 80.3 cm³/mol. The number of ether oxygens (including phenoxy) is 1. The molecule has 0 heterocycles. The molecule has 2 aromatic carbocycles. The van der Waals surface area contributed by atoms with E-state index in [9.17, 15) is 5.11 Å². The van der Waals surface area contributed by atoms with Gasteiger partial charge in [-0.05, 0) is 24.6 Å². The average molecular weight is 270 g/mol. The van der Waals surface area contributed by atoms with Gasteiger partial charge in [0.1, 0.15) is 11.5 Å². The van der Waals surface area contributed by atoms with Crippen molar-refractivity contribution in [3.8, 4) is 11.5 Å². The largest absolute Gasteiger partial charge is 0.507 e. The smallest absolute Gasteiger partial charge is 0.128 e. The number of methoxy groups -OCH3 is 1. The quantitative estimate of drug-likeness (QED) is 0.649. The number of aryl methyl sites for hydroxylation is 1. The van der Waals surface area contributed by atoms with Gasteiger partial charge in [0.25, 0.3) is 0 Å². The van der Waals surface area contributed by atoms with Gasteiger partial charge < -0.3 is 15.3 Å². The van der Waals surface area contributed by atoms with E-state index < -0.39 is 0 Å². The molecule has 0 bridgehead atoms. The highest BCUT2D eigenvalue weighted by atomic mass is 16.5. The van der Waals surface area contributed by atoms with Crippen LogP contribution in [0.25, 0.3) is 0 Å². The van der Waals surface area contributed by atoms with E-state index in [1.807, 2.05) is 0 Å². The summed E-state index contributed by atoms with van der Waals surface area (Å²) in [6.45, 7) is 2.70. The van der Waals surface area contributed by atoms with Gasteiger partial charge in [-0.3, -0.25) is 0 Å². The molecule has 0 spiro atoms. The van der Waals surface area contributed by atoms with E-state index in [1.54, 1.807) is 31.5 Å². The number of rotatable bonds is 5. The zero-order valence-electron chi connectivity index (χ0n) is 11.6. The van der Waals surface area contributed by atoms with Crippen LogP contribution < -0.4 is 10.2 Å². The molecule has 0 amide bonds. The minimum atomic E-state index is 0.144. The Balaban J connectivity index is 1.91. The topological polar surface area (TPSA) is 53.8 Å². The lowest BCUT2D eigenvalue weighted by Gasteiger charge is -2.04. The number of benzene rings is 2. The summed E-state index contributed by atoms with van der Waals surface area (Å²) < 4.78 is 5.02. The van der Waals surface area contributed by atoms with Gasteiger partial charge in [-0.2, -0.15) is 5.10 Å². The Morgan fingerprint density at radius 2 is 1.95 bits per heavy atom. The molecular formula is C16H18N2O2. The Morgan fingerprint density at radius 3 is 2.60 bits per heavy atom. The summed E-state index contributed by atoms with van der Waals surface area (Å²) in [6.07, 6.45) is 1.59. The fourth-order valence-corrected chi connectivity index (χ4v) is 1.72. The number of nitrogens with one attached hydrogen (secondary N) is 1. The molecular weight excluding hydrogens is 252 g/mol. The maximum Gasteiger partial charge on any atom is 0.128 e. The normalized spacial score (nSPS) is 10.7. The van der Waals surface area contributed by atoms with Gasteiger partial charge in [-0.1, -0.05) is 29.8 Å². The first-order chi connectivity index (χ1) is 9.69. The Bertz CT molecular complexity index is 592. The van der Waals surface area contributed by atoms with E-state index in [0.717, 1.165) is 5.56 Å². The second-order valence-electron chi connectivity index (χ2n) is 4.50. The van der Waals surface area contributed by atoms with Gasteiger partial charge >= 0.3 is 0 Å². The molecule has 4 nitrogen and oxygen atoms in total. The lowest BCUT2D eigenvalue weighted by molar-refractivity contribution is 0.407. The van der Waals surface area contributed by atoms with Crippen molar-refractivity contribution in [2.24, 2.45) is 5.10 Å². The highest BCUT2D eigenvalue weighted by molar-refractivity contribution is 5.83. The van der Waals surface area contributed by atoms with Crippen molar-refractivity contribution in [2.75, 3.05) is 7.11 Å². The fourth-order valence-electron chi connectivity index (χ4n) is 1.72. The molecule has 0 unspecified atom stereocenters. The van der Waals surface area contributed by atoms with Crippen molar-refractivity contribution in [3.63, 3.8) is 0 Å². The van der Waals surface area contributed by atoms with Crippen molar-refractivity contribution >= 4 is 6.21 Å². The molecule has 0 fully saturated rings. The van der Waals surface area contributed by atoms with Crippen LogP contribution in [0.3, 0.4) is 0 Å². The zero-order chi connectivity index (χ0) is 14.4. The molecule has 0 saturated carbocycles. The molecule has 4 heteroatoms. The van der Waals surface area contributed by atoms with Crippen LogP contribution in [0.4, 0.5) is 0 Å². The predicted octanol–water partition coefficient (Wildman–Crippen LogP) is 2.83. The number of nitrogens with zero attached hydrogens (tertiary/aromatic N) is 1. The average Bonchev–Trinajstić information content (AvgIpc) is 2.46. The van der Waals surface area contributed by atoms with Crippen LogP contribution in [-0.2, 0) is 6.54 Å². The molecule has 0 saturated heterocycles. The van der Waals surface area contributed by atoms with E-state index >= 15 is 0 Å². The molecule has 0 aliphatic carbocycles. The number of hydrogen-bond donors (Lipinski definition) is 2. The summed E-state index contributed by atoms with van der Waals surface area (Å²) in [6, 6.07) is 13.3. The van der Waals surface area contributed by atoms with Crippen molar-refractivity contribution in [2.45, 2.75) is 13.5 Å². The Morgan fingerprint density at radius 1 is 1.20 bits per heavy atom. The van der Waals surface area contributed by atoms with Crippen molar-refractivity contribution in [1.29, 1.82) is 0 Å². The van der Waals surface area contributed by atoms with E-state index in [-0.39, 0.29) is 5.75 Å². The summed E-state index contributed by atoms with van der Waals surface area (Å²) >= 11 is 0. The van der Waals surface area contributed by atoms with Crippen LogP contribution in [0.1, 0.15) is 16.7 Å². The minimum Gasteiger partial charge on any atom is -0.507 e. The van der Waals surface area contributed by atoms with Gasteiger partial charge in [0.2, 0.25) is 0 Å².